The van der Waals surface area contributed by atoms with E-state index >= 15 is 0 Å². The number of aromatic amines is 2. The molecule has 2 heterocycles. The number of nitrogens with zero attached hydrogens (tertiary/aromatic N) is 2. The van der Waals surface area contributed by atoms with E-state index in [4.69, 9.17) is 0 Å². The molecular weight excluding hydrogens is 196 g/mol. The standard InChI is InChI=1S/C8H10N6O/c15-8(13-7-4-11-12-5-7)9-3-6-1-2-10-14-6/h1-2,4-5H,3H2,(H,10,14)(H,11,12)(H2,9,13,15). The van der Waals surface area contributed by atoms with Crippen LogP contribution in [0.1, 0.15) is 5.69 Å². The highest BCUT2D eigenvalue weighted by Gasteiger charge is 2.02. The molecule has 0 aliphatic carbocycles. The van der Waals surface area contributed by atoms with Crippen LogP contribution in [0.15, 0.2) is 24.7 Å². The molecule has 0 saturated heterocycles. The van der Waals surface area contributed by atoms with Crippen LogP contribution in [0, 0.1) is 0 Å². The van der Waals surface area contributed by atoms with Gasteiger partial charge in [-0.05, 0) is 6.07 Å². The van der Waals surface area contributed by atoms with E-state index in [-0.39, 0.29) is 6.03 Å². The predicted molar refractivity (Wildman–Crippen MR) is 53.0 cm³/mol. The Labute approximate surface area is 85.3 Å². The maximum atomic E-state index is 11.3. The topological polar surface area (TPSA) is 98.5 Å². The van der Waals surface area contributed by atoms with Crippen LogP contribution in [0.3, 0.4) is 0 Å². The van der Waals surface area contributed by atoms with E-state index < -0.39 is 0 Å². The van der Waals surface area contributed by atoms with Gasteiger partial charge in [0.05, 0.1) is 24.1 Å². The number of aromatic nitrogens is 4. The van der Waals surface area contributed by atoms with Crippen molar-refractivity contribution in [2.45, 2.75) is 6.54 Å². The number of urea groups is 1. The summed E-state index contributed by atoms with van der Waals surface area (Å²) in [7, 11) is 0. The van der Waals surface area contributed by atoms with Crippen molar-refractivity contribution >= 4 is 11.7 Å². The maximum Gasteiger partial charge on any atom is 0.319 e. The molecule has 4 N–H and O–H groups in total. The number of carbonyl (C=O) groups is 1. The number of carbonyl (C=O) groups excluding carboxylic acids is 1. The molecule has 0 aliphatic rings. The van der Waals surface area contributed by atoms with E-state index in [1.165, 1.54) is 6.20 Å². The summed E-state index contributed by atoms with van der Waals surface area (Å²) in [5.41, 5.74) is 1.47. The Hall–Kier alpha value is -2.31. The van der Waals surface area contributed by atoms with Crippen LogP contribution in [-0.2, 0) is 6.54 Å². The van der Waals surface area contributed by atoms with Gasteiger partial charge in [-0.25, -0.2) is 4.79 Å². The van der Waals surface area contributed by atoms with Gasteiger partial charge in [-0.2, -0.15) is 10.2 Å². The Morgan fingerprint density at radius 2 is 2.40 bits per heavy atom. The molecule has 7 nitrogen and oxygen atoms in total. The number of nitrogens with one attached hydrogen (secondary N) is 4. The number of hydrogen-bond acceptors (Lipinski definition) is 3. The molecule has 0 aromatic carbocycles. The van der Waals surface area contributed by atoms with Gasteiger partial charge in [0.1, 0.15) is 0 Å². The third-order valence-electron chi connectivity index (χ3n) is 1.75. The van der Waals surface area contributed by atoms with Crippen molar-refractivity contribution in [3.63, 3.8) is 0 Å². The Bertz CT molecular complexity index is 406. The zero-order valence-electron chi connectivity index (χ0n) is 7.82. The summed E-state index contributed by atoms with van der Waals surface area (Å²) < 4.78 is 0. The van der Waals surface area contributed by atoms with Crippen LogP contribution in [0.25, 0.3) is 0 Å². The lowest BCUT2D eigenvalue weighted by Gasteiger charge is -2.03. The van der Waals surface area contributed by atoms with Crippen LogP contribution >= 0.6 is 0 Å². The molecule has 2 aromatic rings. The second-order valence-corrected chi connectivity index (χ2v) is 2.88. The van der Waals surface area contributed by atoms with E-state index in [2.05, 4.69) is 31.0 Å². The molecule has 0 saturated carbocycles. The lowest BCUT2D eigenvalue weighted by molar-refractivity contribution is 0.251. The summed E-state index contributed by atoms with van der Waals surface area (Å²) in [5, 5.41) is 18.1. The summed E-state index contributed by atoms with van der Waals surface area (Å²) in [5.74, 6) is 0. The van der Waals surface area contributed by atoms with Crippen molar-refractivity contribution in [2.75, 3.05) is 5.32 Å². The van der Waals surface area contributed by atoms with Crippen LogP contribution in [0.2, 0.25) is 0 Å². The summed E-state index contributed by atoms with van der Waals surface area (Å²) in [6, 6.07) is 1.50. The third kappa shape index (κ3) is 2.56. The Balaban J connectivity index is 1.78. The lowest BCUT2D eigenvalue weighted by Crippen LogP contribution is -2.28. The molecule has 78 valence electrons. The van der Waals surface area contributed by atoms with Crippen molar-refractivity contribution in [3.05, 3.63) is 30.4 Å². The second kappa shape index (κ2) is 4.27. The molecule has 2 rings (SSSR count). The smallest absolute Gasteiger partial charge is 0.319 e. The van der Waals surface area contributed by atoms with Crippen LogP contribution in [0.4, 0.5) is 10.5 Å². The molecule has 0 radical (unpaired) electrons. The average Bonchev–Trinajstić information content (AvgIpc) is 2.86. The second-order valence-electron chi connectivity index (χ2n) is 2.88. The molecule has 2 aromatic heterocycles. The predicted octanol–water partition coefficient (Wildman–Crippen LogP) is 0.454. The first kappa shape index (κ1) is 9.25. The highest BCUT2D eigenvalue weighted by atomic mass is 16.2. The minimum Gasteiger partial charge on any atom is -0.332 e. The highest BCUT2D eigenvalue weighted by molar-refractivity contribution is 5.88. The fraction of sp³-hybridized carbons (Fsp3) is 0.125. The number of hydrogen-bond donors (Lipinski definition) is 4. The minimum atomic E-state index is -0.286. The number of anilines is 1. The van der Waals surface area contributed by atoms with E-state index in [1.54, 1.807) is 18.5 Å². The molecule has 7 heteroatoms. The van der Waals surface area contributed by atoms with Gasteiger partial charge in [-0.3, -0.25) is 10.2 Å². The zero-order chi connectivity index (χ0) is 10.5. The third-order valence-corrected chi connectivity index (χ3v) is 1.75. The monoisotopic (exact) mass is 206 g/mol. The van der Waals surface area contributed by atoms with Gasteiger partial charge < -0.3 is 10.6 Å². The molecule has 0 fully saturated rings. The highest BCUT2D eigenvalue weighted by Crippen LogP contribution is 2.00. The fourth-order valence-corrected chi connectivity index (χ4v) is 1.05. The van der Waals surface area contributed by atoms with Crippen LogP contribution in [0.5, 0.6) is 0 Å². The van der Waals surface area contributed by atoms with E-state index in [0.29, 0.717) is 12.2 Å². The molecule has 0 unspecified atom stereocenters. The minimum absolute atomic E-state index is 0.286. The number of amides is 2. The van der Waals surface area contributed by atoms with Gasteiger partial charge in [-0.15, -0.1) is 0 Å². The van der Waals surface area contributed by atoms with Gasteiger partial charge in [0.2, 0.25) is 0 Å². The largest absolute Gasteiger partial charge is 0.332 e. The SMILES string of the molecule is O=C(NCc1ccn[nH]1)Nc1cn[nH]c1. The van der Waals surface area contributed by atoms with Crippen molar-refractivity contribution < 1.29 is 4.79 Å². The average molecular weight is 206 g/mol. The summed E-state index contributed by atoms with van der Waals surface area (Å²) in [4.78, 5) is 11.3. The Morgan fingerprint density at radius 3 is 3.07 bits per heavy atom. The van der Waals surface area contributed by atoms with Gasteiger partial charge in [-0.1, -0.05) is 0 Å². The fourth-order valence-electron chi connectivity index (χ4n) is 1.05. The van der Waals surface area contributed by atoms with E-state index in [1.807, 2.05) is 0 Å². The Morgan fingerprint density at radius 1 is 1.47 bits per heavy atom. The summed E-state index contributed by atoms with van der Waals surface area (Å²) >= 11 is 0. The molecule has 0 aliphatic heterocycles. The number of H-pyrrole nitrogens is 2. The molecule has 15 heavy (non-hydrogen) atoms. The zero-order valence-corrected chi connectivity index (χ0v) is 7.82. The first-order valence-electron chi connectivity index (χ1n) is 4.36. The normalized spacial score (nSPS) is 9.87. The van der Waals surface area contributed by atoms with Crippen molar-refractivity contribution in [1.82, 2.24) is 25.7 Å². The van der Waals surface area contributed by atoms with E-state index in [9.17, 15) is 4.79 Å². The van der Waals surface area contributed by atoms with Crippen LogP contribution in [-0.4, -0.2) is 26.4 Å². The molecule has 0 atom stereocenters. The van der Waals surface area contributed by atoms with Gasteiger partial charge >= 0.3 is 6.03 Å². The maximum absolute atomic E-state index is 11.3. The van der Waals surface area contributed by atoms with Crippen molar-refractivity contribution in [2.24, 2.45) is 0 Å². The van der Waals surface area contributed by atoms with E-state index in [0.717, 1.165) is 5.69 Å². The molecule has 2 amide bonds. The molecule has 0 spiro atoms. The van der Waals surface area contributed by atoms with Crippen molar-refractivity contribution in [1.29, 1.82) is 0 Å². The first-order valence-corrected chi connectivity index (χ1v) is 4.36. The summed E-state index contributed by atoms with van der Waals surface area (Å²) in [6.07, 6.45) is 4.75. The summed E-state index contributed by atoms with van der Waals surface area (Å²) in [6.45, 7) is 0.406. The molecule has 0 bridgehead atoms. The quantitative estimate of drug-likeness (QED) is 0.587. The first-order chi connectivity index (χ1) is 7.34. The molecular formula is C8H10N6O. The lowest BCUT2D eigenvalue weighted by atomic mass is 10.4. The van der Waals surface area contributed by atoms with Gasteiger partial charge in [0, 0.05) is 12.4 Å². The van der Waals surface area contributed by atoms with Crippen LogP contribution < -0.4 is 10.6 Å². The van der Waals surface area contributed by atoms with Crippen molar-refractivity contribution in [3.8, 4) is 0 Å². The Kier molecular flexibility index (Phi) is 2.63. The van der Waals surface area contributed by atoms with Gasteiger partial charge in [0.25, 0.3) is 0 Å². The number of rotatable bonds is 3. The van der Waals surface area contributed by atoms with Gasteiger partial charge in [0.15, 0.2) is 0 Å².